The third-order valence-corrected chi connectivity index (χ3v) is 4.08. The fraction of sp³-hybridized carbons (Fsp3) is 0.188. The van der Waals surface area contributed by atoms with Gasteiger partial charge in [-0.15, -0.1) is 0 Å². The zero-order valence-electron chi connectivity index (χ0n) is 11.7. The third kappa shape index (κ3) is 2.67. The number of aryl methyl sites for hydroxylation is 1. The number of nitrogen functional groups attached to an aromatic ring is 1. The van der Waals surface area contributed by atoms with Crippen molar-refractivity contribution in [3.8, 4) is 0 Å². The second-order valence-corrected chi connectivity index (χ2v) is 5.59. The molecule has 0 unspecified atom stereocenters. The first-order chi connectivity index (χ1) is 10.0. The van der Waals surface area contributed by atoms with E-state index >= 15 is 0 Å². The number of rotatable bonds is 1. The van der Waals surface area contributed by atoms with Crippen molar-refractivity contribution in [3.63, 3.8) is 0 Å². The van der Waals surface area contributed by atoms with E-state index in [0.717, 1.165) is 23.2 Å². The van der Waals surface area contributed by atoms with E-state index in [4.69, 9.17) is 17.3 Å². The summed E-state index contributed by atoms with van der Waals surface area (Å²) in [6, 6.07) is 11.0. The third-order valence-electron chi connectivity index (χ3n) is 3.67. The summed E-state index contributed by atoms with van der Waals surface area (Å²) < 4.78 is 0. The number of hydrogen-bond acceptors (Lipinski definition) is 2. The van der Waals surface area contributed by atoms with E-state index in [1.807, 2.05) is 37.3 Å². The van der Waals surface area contributed by atoms with Crippen LogP contribution in [0.2, 0.25) is 5.02 Å². The number of anilines is 3. The highest BCUT2D eigenvalue weighted by Gasteiger charge is 2.24. The Bertz CT molecular complexity index is 715. The van der Waals surface area contributed by atoms with Crippen LogP contribution in [-0.2, 0) is 6.42 Å². The van der Waals surface area contributed by atoms with Gasteiger partial charge in [0.2, 0.25) is 0 Å². The van der Waals surface area contributed by atoms with Crippen molar-refractivity contribution in [1.29, 1.82) is 0 Å². The Morgan fingerprint density at radius 1 is 1.29 bits per heavy atom. The fourth-order valence-electron chi connectivity index (χ4n) is 2.47. The van der Waals surface area contributed by atoms with Crippen molar-refractivity contribution in [3.05, 3.63) is 52.5 Å². The number of nitrogens with two attached hydrogens (primary N) is 1. The molecular weight excluding hydrogens is 286 g/mol. The molecule has 2 aromatic rings. The van der Waals surface area contributed by atoms with Crippen LogP contribution >= 0.6 is 11.6 Å². The number of hydrogen-bond donors (Lipinski definition) is 2. The summed E-state index contributed by atoms with van der Waals surface area (Å²) >= 11 is 6.08. The molecule has 3 rings (SSSR count). The summed E-state index contributed by atoms with van der Waals surface area (Å²) in [6.07, 6.45) is 0.845. The predicted octanol–water partition coefficient (Wildman–Crippen LogP) is 3.83. The van der Waals surface area contributed by atoms with Gasteiger partial charge in [-0.05, 0) is 48.7 Å². The highest BCUT2D eigenvalue weighted by atomic mass is 35.5. The quantitative estimate of drug-likeness (QED) is 0.787. The average Bonchev–Trinajstić information content (AvgIpc) is 2.86. The highest BCUT2D eigenvalue weighted by molar-refractivity contribution is 6.31. The lowest BCUT2D eigenvalue weighted by molar-refractivity contribution is 0.257. The van der Waals surface area contributed by atoms with Crippen molar-refractivity contribution in [1.82, 2.24) is 0 Å². The monoisotopic (exact) mass is 301 g/mol. The summed E-state index contributed by atoms with van der Waals surface area (Å²) in [4.78, 5) is 14.1. The molecule has 0 spiro atoms. The summed E-state index contributed by atoms with van der Waals surface area (Å²) in [5, 5.41) is 3.51. The molecule has 1 heterocycles. The molecule has 5 heteroatoms. The van der Waals surface area contributed by atoms with Crippen LogP contribution in [0.3, 0.4) is 0 Å². The zero-order valence-corrected chi connectivity index (χ0v) is 12.4. The van der Waals surface area contributed by atoms with Crippen LogP contribution in [0.5, 0.6) is 0 Å². The molecule has 1 aliphatic rings. The van der Waals surface area contributed by atoms with Crippen LogP contribution in [-0.4, -0.2) is 12.6 Å². The molecule has 0 radical (unpaired) electrons. The maximum absolute atomic E-state index is 12.4. The number of halogens is 1. The minimum atomic E-state index is -0.167. The first-order valence-electron chi connectivity index (χ1n) is 6.77. The first kappa shape index (κ1) is 13.8. The van der Waals surface area contributed by atoms with E-state index in [1.165, 1.54) is 0 Å². The van der Waals surface area contributed by atoms with Gasteiger partial charge in [0.1, 0.15) is 0 Å². The molecule has 4 nitrogen and oxygen atoms in total. The smallest absolute Gasteiger partial charge is 0.326 e. The number of carbonyl (C=O) groups is 1. The minimum absolute atomic E-state index is 0.167. The van der Waals surface area contributed by atoms with Gasteiger partial charge in [0, 0.05) is 22.9 Å². The SMILES string of the molecule is Cc1ccc(NC(=O)N2CCc3ccc(N)cc32)cc1Cl. The molecule has 2 amide bonds. The summed E-state index contributed by atoms with van der Waals surface area (Å²) in [5.74, 6) is 0. The molecule has 0 atom stereocenters. The molecule has 3 N–H and O–H groups in total. The molecule has 2 aromatic carbocycles. The van der Waals surface area contributed by atoms with Crippen LogP contribution < -0.4 is 16.0 Å². The molecule has 0 aliphatic carbocycles. The molecule has 21 heavy (non-hydrogen) atoms. The maximum Gasteiger partial charge on any atom is 0.326 e. The van der Waals surface area contributed by atoms with Crippen LogP contribution in [0.4, 0.5) is 21.9 Å². The normalized spacial score (nSPS) is 13.1. The number of benzene rings is 2. The molecule has 0 saturated heterocycles. The number of amides is 2. The molecule has 0 saturated carbocycles. The van der Waals surface area contributed by atoms with Gasteiger partial charge in [-0.3, -0.25) is 4.90 Å². The van der Waals surface area contributed by atoms with Crippen LogP contribution in [0.25, 0.3) is 0 Å². The Labute approximate surface area is 128 Å². The topological polar surface area (TPSA) is 58.4 Å². The number of fused-ring (bicyclic) bond motifs is 1. The second kappa shape index (κ2) is 5.30. The molecule has 0 fully saturated rings. The van der Waals surface area contributed by atoms with Crippen molar-refractivity contribution in [2.75, 3.05) is 22.5 Å². The van der Waals surface area contributed by atoms with E-state index in [-0.39, 0.29) is 6.03 Å². The van der Waals surface area contributed by atoms with Gasteiger partial charge in [0.15, 0.2) is 0 Å². The lowest BCUT2D eigenvalue weighted by atomic mass is 10.1. The lowest BCUT2D eigenvalue weighted by Gasteiger charge is -2.18. The largest absolute Gasteiger partial charge is 0.399 e. The highest BCUT2D eigenvalue weighted by Crippen LogP contribution is 2.30. The van der Waals surface area contributed by atoms with E-state index < -0.39 is 0 Å². The average molecular weight is 302 g/mol. The van der Waals surface area contributed by atoms with Gasteiger partial charge >= 0.3 is 6.03 Å². The van der Waals surface area contributed by atoms with Gasteiger partial charge < -0.3 is 11.1 Å². The molecule has 0 aromatic heterocycles. The first-order valence-corrected chi connectivity index (χ1v) is 7.15. The van der Waals surface area contributed by atoms with E-state index in [1.54, 1.807) is 11.0 Å². The Morgan fingerprint density at radius 3 is 2.86 bits per heavy atom. The molecule has 1 aliphatic heterocycles. The Balaban J connectivity index is 1.81. The van der Waals surface area contributed by atoms with E-state index in [0.29, 0.717) is 22.9 Å². The molecular formula is C16H16ClN3O. The van der Waals surface area contributed by atoms with Gasteiger partial charge in [-0.25, -0.2) is 4.79 Å². The molecule has 108 valence electrons. The van der Waals surface area contributed by atoms with Gasteiger partial charge in [-0.1, -0.05) is 23.7 Å². The predicted molar refractivity (Wildman–Crippen MR) is 87.1 cm³/mol. The molecule has 0 bridgehead atoms. The number of nitrogens with one attached hydrogen (secondary N) is 1. The number of urea groups is 1. The van der Waals surface area contributed by atoms with Gasteiger partial charge in [0.25, 0.3) is 0 Å². The van der Waals surface area contributed by atoms with Crippen molar-refractivity contribution >= 4 is 34.7 Å². The lowest BCUT2D eigenvalue weighted by Crippen LogP contribution is -2.33. The maximum atomic E-state index is 12.4. The minimum Gasteiger partial charge on any atom is -0.399 e. The number of carbonyl (C=O) groups excluding carboxylic acids is 1. The zero-order chi connectivity index (χ0) is 15.0. The van der Waals surface area contributed by atoms with E-state index in [9.17, 15) is 4.79 Å². The van der Waals surface area contributed by atoms with Crippen LogP contribution in [0.1, 0.15) is 11.1 Å². The van der Waals surface area contributed by atoms with Crippen molar-refractivity contribution < 1.29 is 4.79 Å². The van der Waals surface area contributed by atoms with Gasteiger partial charge in [-0.2, -0.15) is 0 Å². The van der Waals surface area contributed by atoms with Gasteiger partial charge in [0.05, 0.1) is 5.69 Å². The fourth-order valence-corrected chi connectivity index (χ4v) is 2.65. The van der Waals surface area contributed by atoms with Crippen molar-refractivity contribution in [2.45, 2.75) is 13.3 Å². The van der Waals surface area contributed by atoms with E-state index in [2.05, 4.69) is 5.32 Å². The Morgan fingerprint density at radius 2 is 2.10 bits per heavy atom. The Kier molecular flexibility index (Phi) is 3.47. The number of nitrogens with zero attached hydrogens (tertiary/aromatic N) is 1. The Hall–Kier alpha value is -2.20. The standard InChI is InChI=1S/C16H16ClN3O/c1-10-2-5-13(9-14(10)17)19-16(21)20-7-6-11-3-4-12(18)8-15(11)20/h2-5,8-9H,6-7,18H2,1H3,(H,19,21). The van der Waals surface area contributed by atoms with Crippen LogP contribution in [0.15, 0.2) is 36.4 Å². The summed E-state index contributed by atoms with van der Waals surface area (Å²) in [6.45, 7) is 2.58. The summed E-state index contributed by atoms with van der Waals surface area (Å²) in [5.41, 5.74) is 10.2. The summed E-state index contributed by atoms with van der Waals surface area (Å²) in [7, 11) is 0. The van der Waals surface area contributed by atoms with Crippen LogP contribution in [0, 0.1) is 6.92 Å². The van der Waals surface area contributed by atoms with Crippen molar-refractivity contribution in [2.24, 2.45) is 0 Å². The second-order valence-electron chi connectivity index (χ2n) is 5.18.